The first-order valence-electron chi connectivity index (χ1n) is 6.28. The predicted molar refractivity (Wildman–Crippen MR) is 75.9 cm³/mol. The fourth-order valence-corrected chi connectivity index (χ4v) is 2.48. The van der Waals surface area contributed by atoms with Gasteiger partial charge in [0.1, 0.15) is 0 Å². The van der Waals surface area contributed by atoms with Crippen LogP contribution in [0.4, 0.5) is 0 Å². The Morgan fingerprint density at radius 2 is 2.11 bits per heavy atom. The quantitative estimate of drug-likeness (QED) is 0.777. The number of hydrogen-bond acceptors (Lipinski definition) is 3. The molecule has 3 aromatic rings. The number of hydrogen-bond donors (Lipinski definition) is 1. The maximum atomic E-state index is 4.25. The van der Waals surface area contributed by atoms with E-state index in [4.69, 9.17) is 0 Å². The zero-order valence-corrected chi connectivity index (χ0v) is 11.0. The molecule has 3 rings (SSSR count). The lowest BCUT2D eigenvalue weighted by Crippen LogP contribution is -2.17. The second-order valence-electron chi connectivity index (χ2n) is 4.61. The molecular weight excluding hydrogens is 236 g/mol. The maximum Gasteiger partial charge on any atom is 0.0612 e. The van der Waals surface area contributed by atoms with Crippen LogP contribution in [-0.2, 0) is 7.05 Å². The average molecular weight is 252 g/mol. The minimum atomic E-state index is 0.126. The van der Waals surface area contributed by atoms with E-state index in [-0.39, 0.29) is 6.04 Å². The number of rotatable bonds is 3. The minimum absolute atomic E-state index is 0.126. The first kappa shape index (κ1) is 11.9. The minimum Gasteiger partial charge on any atom is -0.309 e. The van der Waals surface area contributed by atoms with Gasteiger partial charge in [-0.25, -0.2) is 0 Å². The van der Waals surface area contributed by atoms with E-state index in [0.717, 1.165) is 5.56 Å². The molecular formula is C15H16N4. The summed E-state index contributed by atoms with van der Waals surface area (Å²) in [6, 6.07) is 8.49. The lowest BCUT2D eigenvalue weighted by atomic mass is 9.97. The standard InChI is InChI=1S/C15H16N4/c1-16-15(12-8-18-19(2)10-12)13-5-3-4-11-6-7-17-9-14(11)13/h3-10,15-16H,1-2H3. The summed E-state index contributed by atoms with van der Waals surface area (Å²) in [5.74, 6) is 0. The Hall–Kier alpha value is -2.20. The van der Waals surface area contributed by atoms with Crippen molar-refractivity contribution in [3.05, 3.63) is 60.2 Å². The Labute approximate surface area is 112 Å². The van der Waals surface area contributed by atoms with Crippen molar-refractivity contribution in [2.24, 2.45) is 7.05 Å². The van der Waals surface area contributed by atoms with Crippen LogP contribution in [0.2, 0.25) is 0 Å². The van der Waals surface area contributed by atoms with Crippen molar-refractivity contribution < 1.29 is 0 Å². The molecule has 96 valence electrons. The molecule has 4 heteroatoms. The van der Waals surface area contributed by atoms with Gasteiger partial charge in [-0.15, -0.1) is 0 Å². The molecule has 1 unspecified atom stereocenters. The Kier molecular flexibility index (Phi) is 3.01. The highest BCUT2D eigenvalue weighted by Crippen LogP contribution is 2.27. The number of nitrogens with one attached hydrogen (secondary N) is 1. The highest BCUT2D eigenvalue weighted by molar-refractivity contribution is 5.85. The van der Waals surface area contributed by atoms with Gasteiger partial charge in [0.2, 0.25) is 0 Å². The lowest BCUT2D eigenvalue weighted by Gasteiger charge is -2.17. The summed E-state index contributed by atoms with van der Waals surface area (Å²) in [6.07, 6.45) is 7.68. The van der Waals surface area contributed by atoms with Gasteiger partial charge in [-0.3, -0.25) is 9.67 Å². The molecule has 0 saturated carbocycles. The largest absolute Gasteiger partial charge is 0.309 e. The van der Waals surface area contributed by atoms with Gasteiger partial charge in [0.25, 0.3) is 0 Å². The van der Waals surface area contributed by atoms with Crippen LogP contribution in [-0.4, -0.2) is 21.8 Å². The van der Waals surface area contributed by atoms with Gasteiger partial charge in [0.15, 0.2) is 0 Å². The van der Waals surface area contributed by atoms with Crippen molar-refractivity contribution in [2.75, 3.05) is 7.05 Å². The van der Waals surface area contributed by atoms with Gasteiger partial charge in [0.05, 0.1) is 12.2 Å². The second-order valence-corrected chi connectivity index (χ2v) is 4.61. The van der Waals surface area contributed by atoms with E-state index in [1.54, 1.807) is 0 Å². The molecule has 0 saturated heterocycles. The first-order valence-corrected chi connectivity index (χ1v) is 6.28. The monoisotopic (exact) mass is 252 g/mol. The summed E-state index contributed by atoms with van der Waals surface area (Å²) in [5, 5.41) is 9.99. The smallest absolute Gasteiger partial charge is 0.0612 e. The molecule has 0 spiro atoms. The SMILES string of the molecule is CNC(c1cnn(C)c1)c1cccc2ccncc12. The van der Waals surface area contributed by atoms with E-state index in [1.165, 1.54) is 16.3 Å². The topological polar surface area (TPSA) is 42.7 Å². The fourth-order valence-electron chi connectivity index (χ4n) is 2.48. The predicted octanol–water partition coefficient (Wildman–Crippen LogP) is 2.28. The van der Waals surface area contributed by atoms with E-state index >= 15 is 0 Å². The molecule has 19 heavy (non-hydrogen) atoms. The normalized spacial score (nSPS) is 12.7. The Balaban J connectivity index is 2.16. The fraction of sp³-hybridized carbons (Fsp3) is 0.200. The van der Waals surface area contributed by atoms with E-state index in [9.17, 15) is 0 Å². The third-order valence-corrected chi connectivity index (χ3v) is 3.38. The second kappa shape index (κ2) is 4.82. The molecule has 1 N–H and O–H groups in total. The summed E-state index contributed by atoms with van der Waals surface area (Å²) in [4.78, 5) is 4.24. The highest BCUT2D eigenvalue weighted by Gasteiger charge is 2.16. The number of benzene rings is 1. The summed E-state index contributed by atoms with van der Waals surface area (Å²) < 4.78 is 1.82. The molecule has 4 nitrogen and oxygen atoms in total. The molecule has 0 radical (unpaired) electrons. The summed E-state index contributed by atoms with van der Waals surface area (Å²) in [7, 11) is 3.90. The van der Waals surface area contributed by atoms with E-state index < -0.39 is 0 Å². The summed E-state index contributed by atoms with van der Waals surface area (Å²) >= 11 is 0. The molecule has 0 aliphatic heterocycles. The molecule has 1 atom stereocenters. The van der Waals surface area contributed by atoms with E-state index in [1.807, 2.05) is 49.6 Å². The van der Waals surface area contributed by atoms with Crippen LogP contribution in [0.5, 0.6) is 0 Å². The molecule has 1 aromatic carbocycles. The van der Waals surface area contributed by atoms with E-state index in [2.05, 4.69) is 33.6 Å². The summed E-state index contributed by atoms with van der Waals surface area (Å²) in [6.45, 7) is 0. The van der Waals surface area contributed by atoms with Gasteiger partial charge in [-0.05, 0) is 24.1 Å². The van der Waals surface area contributed by atoms with Gasteiger partial charge >= 0.3 is 0 Å². The Morgan fingerprint density at radius 1 is 1.21 bits per heavy atom. The highest BCUT2D eigenvalue weighted by atomic mass is 15.2. The number of aromatic nitrogens is 3. The number of nitrogens with zero attached hydrogens (tertiary/aromatic N) is 3. The molecule has 2 heterocycles. The van der Waals surface area contributed by atoms with Crippen LogP contribution in [0.1, 0.15) is 17.2 Å². The molecule has 0 aliphatic rings. The number of fused-ring (bicyclic) bond motifs is 1. The zero-order chi connectivity index (χ0) is 13.2. The van der Waals surface area contributed by atoms with Crippen LogP contribution < -0.4 is 5.32 Å². The van der Waals surface area contributed by atoms with Crippen LogP contribution in [0.25, 0.3) is 10.8 Å². The number of aryl methyl sites for hydroxylation is 1. The summed E-state index contributed by atoms with van der Waals surface area (Å²) in [5.41, 5.74) is 2.38. The van der Waals surface area contributed by atoms with Gasteiger partial charge in [-0.2, -0.15) is 5.10 Å². The van der Waals surface area contributed by atoms with Crippen LogP contribution in [0, 0.1) is 0 Å². The van der Waals surface area contributed by atoms with Crippen molar-refractivity contribution >= 4 is 10.8 Å². The average Bonchev–Trinajstić information content (AvgIpc) is 2.86. The van der Waals surface area contributed by atoms with Gasteiger partial charge < -0.3 is 5.32 Å². The maximum absolute atomic E-state index is 4.25. The third-order valence-electron chi connectivity index (χ3n) is 3.38. The van der Waals surface area contributed by atoms with Crippen LogP contribution in [0.15, 0.2) is 49.1 Å². The number of pyridine rings is 1. The molecule has 0 bridgehead atoms. The zero-order valence-electron chi connectivity index (χ0n) is 11.0. The van der Waals surface area contributed by atoms with Gasteiger partial charge in [-0.1, -0.05) is 18.2 Å². The van der Waals surface area contributed by atoms with Crippen molar-refractivity contribution in [2.45, 2.75) is 6.04 Å². The van der Waals surface area contributed by atoms with Crippen molar-refractivity contribution in [3.63, 3.8) is 0 Å². The Morgan fingerprint density at radius 3 is 2.84 bits per heavy atom. The Bertz CT molecular complexity index is 697. The van der Waals surface area contributed by atoms with Crippen molar-refractivity contribution in [3.8, 4) is 0 Å². The lowest BCUT2D eigenvalue weighted by molar-refractivity contribution is 0.694. The first-order chi connectivity index (χ1) is 9.29. The van der Waals surface area contributed by atoms with Crippen LogP contribution >= 0.6 is 0 Å². The van der Waals surface area contributed by atoms with Crippen molar-refractivity contribution in [1.82, 2.24) is 20.1 Å². The van der Waals surface area contributed by atoms with Crippen molar-refractivity contribution in [1.29, 1.82) is 0 Å². The molecule has 0 amide bonds. The molecule has 0 fully saturated rings. The third kappa shape index (κ3) is 2.11. The molecule has 0 aliphatic carbocycles. The van der Waals surface area contributed by atoms with E-state index in [0.29, 0.717) is 0 Å². The molecule has 2 aromatic heterocycles. The van der Waals surface area contributed by atoms with Gasteiger partial charge in [0, 0.05) is 36.6 Å². The van der Waals surface area contributed by atoms with Crippen LogP contribution in [0.3, 0.4) is 0 Å².